The van der Waals surface area contributed by atoms with E-state index < -0.39 is 36.6 Å². The number of carbonyl (C=O) groups excluding carboxylic acids is 4. The van der Waals surface area contributed by atoms with Gasteiger partial charge in [-0.15, -0.1) is 0 Å². The van der Waals surface area contributed by atoms with Crippen LogP contribution in [0.4, 0.5) is 24.8 Å². The summed E-state index contributed by atoms with van der Waals surface area (Å²) in [5, 5.41) is 2.95. The minimum atomic E-state index is -5.28. The monoisotopic (exact) mass is 765 g/mol. The third kappa shape index (κ3) is 12.5. The van der Waals surface area contributed by atoms with Crippen LogP contribution in [0.2, 0.25) is 5.15 Å². The van der Waals surface area contributed by atoms with Gasteiger partial charge in [-0.3, -0.25) is 4.79 Å². The van der Waals surface area contributed by atoms with Gasteiger partial charge in [-0.2, -0.15) is 13.2 Å². The van der Waals surface area contributed by atoms with E-state index in [1.165, 1.54) is 7.11 Å². The highest BCUT2D eigenvalue weighted by atomic mass is 35.5. The molecule has 0 spiro atoms. The normalized spacial score (nSPS) is 17.0. The Balaban J connectivity index is 1.37. The number of esters is 3. The summed E-state index contributed by atoms with van der Waals surface area (Å²) in [6, 6.07) is 14.1. The zero-order valence-electron chi connectivity index (χ0n) is 29.0. The Morgan fingerprint density at radius 3 is 1.94 bits per heavy atom. The van der Waals surface area contributed by atoms with Crippen LogP contribution in [0, 0.1) is 0 Å². The Hall–Kier alpha value is -5.16. The number of benzene rings is 2. The number of amides is 1. The molecule has 0 saturated carbocycles. The highest BCUT2D eigenvalue weighted by molar-refractivity contribution is 6.31. The molecule has 4 rings (SSSR count). The van der Waals surface area contributed by atoms with E-state index in [9.17, 15) is 32.3 Å². The SMILES string of the molecule is COC(=O)COc1ccc(CCC[N+]2(CCCc3ccc(OCC(=O)OC(=O)C(F)(F)F)cc3)CCCC(NC(=O)c3nc(Cl)c(N)nc3N)C2)cc1. The summed E-state index contributed by atoms with van der Waals surface area (Å²) in [5.74, 6) is -4.42. The van der Waals surface area contributed by atoms with E-state index in [1.807, 2.05) is 24.3 Å². The summed E-state index contributed by atoms with van der Waals surface area (Å²) >= 11 is 6.01. The average molecular weight is 766 g/mol. The lowest BCUT2D eigenvalue weighted by molar-refractivity contribution is -0.933. The number of aryl methyl sites for hydroxylation is 2. The predicted octanol–water partition coefficient (Wildman–Crippen LogP) is 3.83. The first kappa shape index (κ1) is 40.6. The molecule has 14 nitrogen and oxygen atoms in total. The standard InChI is InChI=1S/C35H40ClF3N6O8/c1-50-27(46)20-51-25-12-8-22(9-13-25)5-2-16-45(18-4-7-24(19-45)42-33(48)29-31(40)44-32(41)30(36)43-29)17-3-6-23-10-14-26(15-11-23)52-21-28(47)53-34(49)35(37,38)39/h8-15,24H,2-7,16-21H2,1H3,(H4-,40,41,42,44,48)/p+1. The van der Waals surface area contributed by atoms with Crippen molar-refractivity contribution < 1.29 is 55.8 Å². The highest BCUT2D eigenvalue weighted by Gasteiger charge is 2.42. The topological polar surface area (TPSA) is 195 Å². The molecule has 1 aliphatic rings. The lowest BCUT2D eigenvalue weighted by atomic mass is 9.99. The first-order valence-corrected chi connectivity index (χ1v) is 17.1. The Morgan fingerprint density at radius 2 is 1.42 bits per heavy atom. The maximum atomic E-state index is 13.2. The maximum Gasteiger partial charge on any atom is 0.491 e. The number of nitrogens with zero attached hydrogens (tertiary/aromatic N) is 3. The van der Waals surface area contributed by atoms with Crippen LogP contribution in [0.15, 0.2) is 48.5 Å². The number of quaternary nitrogens is 1. The number of nitrogens with two attached hydrogens (primary N) is 2. The number of hydrogen-bond acceptors (Lipinski definition) is 12. The van der Waals surface area contributed by atoms with Gasteiger partial charge in [0.25, 0.3) is 5.91 Å². The molecule has 1 aromatic heterocycles. The van der Waals surface area contributed by atoms with Gasteiger partial charge in [0.05, 0.1) is 39.3 Å². The zero-order chi connectivity index (χ0) is 38.6. The number of alkyl halides is 3. The number of piperidine rings is 1. The fourth-order valence-corrected chi connectivity index (χ4v) is 6.22. The molecular formula is C35H41ClF3N6O8+. The van der Waals surface area contributed by atoms with Crippen molar-refractivity contribution >= 4 is 47.1 Å². The van der Waals surface area contributed by atoms with Crippen LogP contribution in [-0.4, -0.2) is 97.0 Å². The molecule has 1 saturated heterocycles. The molecule has 0 bridgehead atoms. The zero-order valence-corrected chi connectivity index (χ0v) is 29.7. The van der Waals surface area contributed by atoms with Gasteiger partial charge >= 0.3 is 24.1 Å². The van der Waals surface area contributed by atoms with Crippen LogP contribution in [0.3, 0.4) is 0 Å². The first-order valence-electron chi connectivity index (χ1n) is 16.7. The van der Waals surface area contributed by atoms with Crippen molar-refractivity contribution in [1.82, 2.24) is 15.3 Å². The van der Waals surface area contributed by atoms with Crippen LogP contribution in [0.25, 0.3) is 0 Å². The number of ether oxygens (including phenoxy) is 4. The number of carbonyl (C=O) groups is 4. The fraction of sp³-hybridized carbons (Fsp3) is 0.429. The van der Waals surface area contributed by atoms with E-state index in [4.69, 9.17) is 32.5 Å². The van der Waals surface area contributed by atoms with E-state index in [0.717, 1.165) is 67.3 Å². The molecule has 286 valence electrons. The third-order valence-corrected chi connectivity index (χ3v) is 8.95. The molecule has 2 aromatic carbocycles. The van der Waals surface area contributed by atoms with Gasteiger partial charge in [-0.05, 0) is 61.1 Å². The molecular weight excluding hydrogens is 725 g/mol. The van der Waals surface area contributed by atoms with Gasteiger partial charge in [0.2, 0.25) is 0 Å². The molecule has 2 heterocycles. The predicted molar refractivity (Wildman–Crippen MR) is 186 cm³/mol. The second-order valence-electron chi connectivity index (χ2n) is 12.5. The second kappa shape index (κ2) is 18.6. The van der Waals surface area contributed by atoms with Crippen molar-refractivity contribution in [3.63, 3.8) is 0 Å². The second-order valence-corrected chi connectivity index (χ2v) is 12.9. The third-order valence-electron chi connectivity index (χ3n) is 8.67. The fourth-order valence-electron chi connectivity index (χ4n) is 6.10. The Labute approximate surface area is 308 Å². The molecule has 0 radical (unpaired) electrons. The van der Waals surface area contributed by atoms with Crippen molar-refractivity contribution in [2.24, 2.45) is 0 Å². The maximum absolute atomic E-state index is 13.2. The molecule has 18 heteroatoms. The van der Waals surface area contributed by atoms with Crippen molar-refractivity contribution in [3.05, 3.63) is 70.5 Å². The number of anilines is 2. The minimum Gasteiger partial charge on any atom is -0.482 e. The van der Waals surface area contributed by atoms with Crippen molar-refractivity contribution in [3.8, 4) is 11.5 Å². The van der Waals surface area contributed by atoms with E-state index >= 15 is 0 Å². The molecule has 5 N–H and O–H groups in total. The van der Waals surface area contributed by atoms with Crippen molar-refractivity contribution in [1.29, 1.82) is 0 Å². The van der Waals surface area contributed by atoms with Crippen LogP contribution in [-0.2, 0) is 36.7 Å². The van der Waals surface area contributed by atoms with E-state index in [-0.39, 0.29) is 40.9 Å². The van der Waals surface area contributed by atoms with Crippen LogP contribution in [0.5, 0.6) is 11.5 Å². The molecule has 0 aliphatic carbocycles. The van der Waals surface area contributed by atoms with Gasteiger partial charge in [0, 0.05) is 12.8 Å². The molecule has 2 atom stereocenters. The molecule has 53 heavy (non-hydrogen) atoms. The summed E-state index contributed by atoms with van der Waals surface area (Å²) in [5.41, 5.74) is 13.6. The van der Waals surface area contributed by atoms with Crippen LogP contribution in [0.1, 0.15) is 47.3 Å². The first-order chi connectivity index (χ1) is 25.2. The van der Waals surface area contributed by atoms with Gasteiger partial charge < -0.3 is 40.2 Å². The van der Waals surface area contributed by atoms with Crippen LogP contribution < -0.4 is 26.3 Å². The average Bonchev–Trinajstić information content (AvgIpc) is 3.12. The number of rotatable bonds is 16. The summed E-state index contributed by atoms with van der Waals surface area (Å²) < 4.78 is 56.6. The molecule has 1 amide bonds. The van der Waals surface area contributed by atoms with E-state index in [0.29, 0.717) is 18.7 Å². The lowest BCUT2D eigenvalue weighted by Gasteiger charge is -2.45. The molecule has 2 unspecified atom stereocenters. The summed E-state index contributed by atoms with van der Waals surface area (Å²) in [6.07, 6.45) is -0.513. The lowest BCUT2D eigenvalue weighted by Crippen LogP contribution is -2.60. The summed E-state index contributed by atoms with van der Waals surface area (Å²) in [7, 11) is 1.30. The summed E-state index contributed by atoms with van der Waals surface area (Å²) in [6.45, 7) is 2.17. The number of nitrogens with one attached hydrogen (secondary N) is 1. The smallest absolute Gasteiger partial charge is 0.482 e. The van der Waals surface area contributed by atoms with Gasteiger partial charge in [0.15, 0.2) is 35.7 Å². The Bertz CT molecular complexity index is 1750. The molecule has 1 aliphatic heterocycles. The van der Waals surface area contributed by atoms with Gasteiger partial charge in [-0.25, -0.2) is 24.4 Å². The molecule has 1 fully saturated rings. The van der Waals surface area contributed by atoms with Gasteiger partial charge in [0.1, 0.15) is 11.5 Å². The van der Waals surface area contributed by atoms with Gasteiger partial charge in [-0.1, -0.05) is 35.9 Å². The van der Waals surface area contributed by atoms with E-state index in [1.54, 1.807) is 24.3 Å². The summed E-state index contributed by atoms with van der Waals surface area (Å²) in [4.78, 5) is 54.9. The van der Waals surface area contributed by atoms with Crippen molar-refractivity contribution in [2.75, 3.05) is 58.0 Å². The number of hydrogen-bond donors (Lipinski definition) is 3. The number of aromatic nitrogens is 2. The Kier molecular flexibility index (Phi) is 14.2. The van der Waals surface area contributed by atoms with E-state index in [2.05, 4.69) is 24.8 Å². The highest BCUT2D eigenvalue weighted by Crippen LogP contribution is 2.25. The number of likely N-dealkylation sites (tertiary alicyclic amines) is 1. The number of halogens is 4. The molecule has 3 aromatic rings. The Morgan fingerprint density at radius 1 is 0.868 bits per heavy atom. The van der Waals surface area contributed by atoms with Crippen molar-refractivity contribution in [2.45, 2.75) is 50.7 Å². The number of methoxy groups -OCH3 is 1. The largest absolute Gasteiger partial charge is 0.491 e. The number of nitrogen functional groups attached to an aromatic ring is 2. The quantitative estimate of drug-likeness (QED) is 0.109. The van der Waals surface area contributed by atoms with Crippen LogP contribution >= 0.6 is 11.6 Å². The minimum absolute atomic E-state index is 0.0677.